The minimum absolute atomic E-state index is 0.0846. The van der Waals surface area contributed by atoms with E-state index >= 15 is 0 Å². The van der Waals surface area contributed by atoms with Crippen molar-refractivity contribution in [3.05, 3.63) is 124 Å². The number of carbonyl (C=O) groups is 3. The van der Waals surface area contributed by atoms with E-state index in [0.29, 0.717) is 35.2 Å². The van der Waals surface area contributed by atoms with Crippen LogP contribution in [0.5, 0.6) is 11.5 Å². The Bertz CT molecular complexity index is 1990. The first-order valence-corrected chi connectivity index (χ1v) is 14.5. The van der Waals surface area contributed by atoms with Gasteiger partial charge in [-0.1, -0.05) is 24.3 Å². The molecule has 5 rings (SSSR count). The number of nitrogens with two attached hydrogens (primary N) is 1. The van der Waals surface area contributed by atoms with Crippen LogP contribution in [0.2, 0.25) is 0 Å². The SMILES string of the molecule is COC(=O)C(=CN)c1c(C(=O)OC)ccn1Cc1ccc(OC)cc1.COC(=O)c1c[nH]c(=O)c2ccn(Cc3ccc(OC)cc3)c12. The van der Waals surface area contributed by atoms with E-state index < -0.39 is 17.9 Å². The lowest BCUT2D eigenvalue weighted by Gasteiger charge is -2.13. The van der Waals surface area contributed by atoms with Crippen LogP contribution in [0, 0.1) is 0 Å². The molecule has 0 saturated heterocycles. The van der Waals surface area contributed by atoms with Crippen LogP contribution < -0.4 is 20.8 Å². The maximum absolute atomic E-state index is 12.0. The first kappa shape index (κ1) is 34.6. The summed E-state index contributed by atoms with van der Waals surface area (Å²) in [7, 11) is 7.05. The number of nitrogens with zero attached hydrogens (tertiary/aromatic N) is 2. The smallest absolute Gasteiger partial charge is 0.341 e. The van der Waals surface area contributed by atoms with Gasteiger partial charge in [0.1, 0.15) is 17.1 Å². The average molecular weight is 657 g/mol. The van der Waals surface area contributed by atoms with Crippen molar-refractivity contribution in [1.82, 2.24) is 14.1 Å². The van der Waals surface area contributed by atoms with Gasteiger partial charge in [0.05, 0.1) is 63.3 Å². The van der Waals surface area contributed by atoms with Gasteiger partial charge in [0.25, 0.3) is 5.56 Å². The first-order valence-electron chi connectivity index (χ1n) is 14.5. The fraction of sp³-hybridized carbons (Fsp3) is 0.200. The van der Waals surface area contributed by atoms with Crippen molar-refractivity contribution in [2.75, 3.05) is 35.5 Å². The van der Waals surface area contributed by atoms with Crippen LogP contribution in [0.25, 0.3) is 16.5 Å². The Hall–Kier alpha value is -6.24. The molecule has 0 spiro atoms. The van der Waals surface area contributed by atoms with Gasteiger partial charge in [-0.15, -0.1) is 0 Å². The number of pyridine rings is 1. The third-order valence-electron chi connectivity index (χ3n) is 7.44. The van der Waals surface area contributed by atoms with Gasteiger partial charge in [-0.2, -0.15) is 0 Å². The Morgan fingerprint density at radius 1 is 0.708 bits per heavy atom. The van der Waals surface area contributed by atoms with Crippen LogP contribution in [-0.4, -0.2) is 67.6 Å². The third kappa shape index (κ3) is 7.58. The van der Waals surface area contributed by atoms with Gasteiger partial charge < -0.3 is 43.5 Å². The summed E-state index contributed by atoms with van der Waals surface area (Å²) in [6, 6.07) is 18.4. The molecule has 3 aromatic heterocycles. The number of aromatic nitrogens is 3. The molecule has 48 heavy (non-hydrogen) atoms. The molecule has 0 unspecified atom stereocenters. The van der Waals surface area contributed by atoms with Crippen molar-refractivity contribution in [2.45, 2.75) is 13.1 Å². The quantitative estimate of drug-likeness (QED) is 0.128. The number of nitrogens with one attached hydrogen (secondary N) is 1. The molecule has 13 heteroatoms. The third-order valence-corrected chi connectivity index (χ3v) is 7.44. The van der Waals surface area contributed by atoms with Crippen LogP contribution in [-0.2, 0) is 32.1 Å². The molecule has 2 aromatic carbocycles. The van der Waals surface area contributed by atoms with Gasteiger partial charge in [0.2, 0.25) is 0 Å². The van der Waals surface area contributed by atoms with Crippen molar-refractivity contribution < 1.29 is 38.1 Å². The molecule has 3 N–H and O–H groups in total. The second kappa shape index (κ2) is 15.9. The number of benzene rings is 2. The number of aromatic amines is 1. The van der Waals surface area contributed by atoms with Crippen LogP contribution in [0.15, 0.2) is 90.2 Å². The Kier molecular flexibility index (Phi) is 11.4. The number of hydrogen-bond donors (Lipinski definition) is 2. The molecule has 0 aliphatic rings. The highest BCUT2D eigenvalue weighted by molar-refractivity contribution is 6.18. The molecule has 250 valence electrons. The Morgan fingerprint density at radius 3 is 1.73 bits per heavy atom. The molecule has 13 nitrogen and oxygen atoms in total. The number of methoxy groups -OCH3 is 5. The number of carbonyl (C=O) groups excluding carboxylic acids is 3. The predicted molar refractivity (Wildman–Crippen MR) is 178 cm³/mol. The predicted octanol–water partition coefficient (Wildman–Crippen LogP) is 3.98. The van der Waals surface area contributed by atoms with Crippen molar-refractivity contribution in [2.24, 2.45) is 5.73 Å². The van der Waals surface area contributed by atoms with E-state index in [0.717, 1.165) is 28.8 Å². The summed E-state index contributed by atoms with van der Waals surface area (Å²) >= 11 is 0. The summed E-state index contributed by atoms with van der Waals surface area (Å²) in [5.41, 5.74) is 8.92. The van der Waals surface area contributed by atoms with Crippen molar-refractivity contribution in [1.29, 1.82) is 0 Å². The van der Waals surface area contributed by atoms with E-state index in [1.165, 1.54) is 27.5 Å². The van der Waals surface area contributed by atoms with Gasteiger partial charge in [0.15, 0.2) is 0 Å². The van der Waals surface area contributed by atoms with E-state index in [9.17, 15) is 19.2 Å². The highest BCUT2D eigenvalue weighted by atomic mass is 16.5. The molecule has 0 amide bonds. The van der Waals surface area contributed by atoms with E-state index in [1.807, 2.05) is 53.1 Å². The van der Waals surface area contributed by atoms with Crippen molar-refractivity contribution in [3.8, 4) is 11.5 Å². The molecule has 0 fully saturated rings. The molecule has 0 atom stereocenters. The fourth-order valence-corrected chi connectivity index (χ4v) is 5.02. The molecular formula is C35H36N4O9. The highest BCUT2D eigenvalue weighted by Gasteiger charge is 2.25. The lowest BCUT2D eigenvalue weighted by Crippen LogP contribution is -2.15. The minimum atomic E-state index is -0.637. The minimum Gasteiger partial charge on any atom is -0.497 e. The highest BCUT2D eigenvalue weighted by Crippen LogP contribution is 2.25. The molecule has 0 bridgehead atoms. The number of hydrogen-bond acceptors (Lipinski definition) is 10. The molecule has 5 aromatic rings. The van der Waals surface area contributed by atoms with Gasteiger partial charge >= 0.3 is 17.9 Å². The van der Waals surface area contributed by atoms with E-state index in [2.05, 4.69) is 4.98 Å². The number of ether oxygens (including phenoxy) is 5. The summed E-state index contributed by atoms with van der Waals surface area (Å²) in [4.78, 5) is 50.6. The van der Waals surface area contributed by atoms with E-state index in [-0.39, 0.29) is 16.7 Å². The lowest BCUT2D eigenvalue weighted by molar-refractivity contribution is -0.133. The molecule has 0 aliphatic heterocycles. The van der Waals surface area contributed by atoms with Gasteiger partial charge in [0, 0.05) is 37.9 Å². The molecule has 0 saturated carbocycles. The van der Waals surface area contributed by atoms with Gasteiger partial charge in [-0.3, -0.25) is 4.79 Å². The van der Waals surface area contributed by atoms with E-state index in [4.69, 9.17) is 29.4 Å². The Labute approximate surface area is 276 Å². The zero-order valence-corrected chi connectivity index (χ0v) is 27.1. The number of H-pyrrole nitrogens is 1. The largest absolute Gasteiger partial charge is 0.497 e. The van der Waals surface area contributed by atoms with Crippen molar-refractivity contribution in [3.63, 3.8) is 0 Å². The summed E-state index contributed by atoms with van der Waals surface area (Å²) in [6.45, 7) is 0.950. The lowest BCUT2D eigenvalue weighted by atomic mass is 10.1. The summed E-state index contributed by atoms with van der Waals surface area (Å²) in [5.74, 6) is -0.170. The number of fused-ring (bicyclic) bond motifs is 1. The van der Waals surface area contributed by atoms with Crippen molar-refractivity contribution >= 4 is 34.4 Å². The van der Waals surface area contributed by atoms with Crippen LogP contribution in [0.1, 0.15) is 37.5 Å². The summed E-state index contributed by atoms with van der Waals surface area (Å²) < 4.78 is 28.2. The normalized spacial score (nSPS) is 10.9. The van der Waals surface area contributed by atoms with E-state index in [1.54, 1.807) is 43.3 Å². The number of esters is 3. The second-order valence-electron chi connectivity index (χ2n) is 10.2. The van der Waals surface area contributed by atoms with Crippen LogP contribution in [0.4, 0.5) is 0 Å². The first-order chi connectivity index (χ1) is 23.2. The summed E-state index contributed by atoms with van der Waals surface area (Å²) in [5, 5.41) is 0.460. The van der Waals surface area contributed by atoms with Gasteiger partial charge in [-0.05, 0) is 47.5 Å². The van der Waals surface area contributed by atoms with Gasteiger partial charge in [-0.25, -0.2) is 14.4 Å². The zero-order chi connectivity index (χ0) is 34.8. The molecule has 0 radical (unpaired) electrons. The second-order valence-corrected chi connectivity index (χ2v) is 10.2. The Morgan fingerprint density at radius 2 is 1.23 bits per heavy atom. The topological polar surface area (TPSA) is 166 Å². The summed E-state index contributed by atoms with van der Waals surface area (Å²) in [6.07, 6.45) is 5.99. The molecule has 0 aliphatic carbocycles. The zero-order valence-electron chi connectivity index (χ0n) is 27.1. The molecular weight excluding hydrogens is 620 g/mol. The molecule has 3 heterocycles. The standard InChI is InChI=1S/C18H20N2O5.C17H16N2O4/c1-23-13-6-4-12(5-7-13)11-20-9-8-14(17(21)24-2)16(20)15(10-19)18(22)25-3;1-22-12-5-3-11(4-6-12)10-19-8-7-13-15(19)14(17(21)23-2)9-18-16(13)20/h4-10H,11,19H2,1-3H3;3-9H,10H2,1-2H3,(H,18,20). The van der Waals surface area contributed by atoms with Crippen LogP contribution >= 0.6 is 0 Å². The Balaban J connectivity index is 0.000000217. The maximum Gasteiger partial charge on any atom is 0.341 e. The number of rotatable bonds is 10. The monoisotopic (exact) mass is 656 g/mol. The van der Waals surface area contributed by atoms with Crippen LogP contribution in [0.3, 0.4) is 0 Å². The maximum atomic E-state index is 12.0. The fourth-order valence-electron chi connectivity index (χ4n) is 5.02. The average Bonchev–Trinajstić information content (AvgIpc) is 3.74.